The molecule has 44 atom stereocenters. The molecule has 0 aromatic heterocycles. The molecule has 46 nitrogen and oxygen atoms in total. The fraction of sp³-hybridized carbons (Fsp3) is 0.981. The van der Waals surface area contributed by atoms with Gasteiger partial charge in [0.05, 0.1) is 59.5 Å². The van der Waals surface area contributed by atoms with Gasteiger partial charge in [0, 0.05) is 0 Å². The van der Waals surface area contributed by atoms with Gasteiger partial charge in [-0.25, -0.2) is 0 Å². The minimum Gasteiger partial charge on any atom is -0.394 e. The third-order valence-corrected chi connectivity index (χ3v) is 18.3. The van der Waals surface area contributed by atoms with Crippen LogP contribution in [0.15, 0.2) is 0 Å². The summed E-state index contributed by atoms with van der Waals surface area (Å²) in [5, 5.41) is 317. The molecule has 8 fully saturated rings. The highest BCUT2D eigenvalue weighted by atomic mass is 16.8. The molecule has 0 unspecified atom stereocenters. The van der Waals surface area contributed by atoms with E-state index >= 15 is 0 Å². The van der Waals surface area contributed by atoms with E-state index in [0.29, 0.717) is 0 Å². The molecule has 29 N–H and O–H groups in total. The summed E-state index contributed by atoms with van der Waals surface area (Å²) >= 11 is 0. The minimum absolute atomic E-state index is 0.312. The molecule has 0 amide bonds. The van der Waals surface area contributed by atoms with Crippen molar-refractivity contribution < 1.29 is 229 Å². The SMILES string of the molecule is O=C[C@H](O[C@H]1O[C@H](CO)[C@@H](O[C@H]2O[C@H](CO)[C@@H](O)[C@H](O)[C@H]2O)[C@H](O[C@H]2O[C@H](CO)[C@@H](O)[C@H](O)[C@H]2O)[C@H]1O[C@H]1O[C@H](CO)[C@@H](O)[C@H](O)[C@H]1O)[C@@H](O[C@H]1O[C@H](CO)[C@@H](O)[C@H](O)[C@H]1O)[C@H](O[C@H]1O[C@H](CO)[C@@H](O)[C@H](O)[C@H]1O)[C@@H](CO[C@H]1O[C@H](CO)[C@@H](O)[C@H](O)[C@H]1O)O[C@H]1O[C@H](CO)[C@@H](O)[C@H](O)[C@H]1O. The Kier molecular flexibility index (Phi) is 30.6. The van der Waals surface area contributed by atoms with Crippen LogP contribution in [0.25, 0.3) is 0 Å². The molecule has 8 aliphatic rings. The van der Waals surface area contributed by atoms with Crippen LogP contribution in [0.4, 0.5) is 0 Å². The van der Waals surface area contributed by atoms with Crippen LogP contribution in [-0.2, 0) is 80.6 Å². The summed E-state index contributed by atoms with van der Waals surface area (Å²) in [6.07, 6.45) is -104. The minimum atomic E-state index is -2.92. The molecule has 8 heterocycles. The van der Waals surface area contributed by atoms with Crippen LogP contribution in [0.5, 0.6) is 0 Å². The van der Waals surface area contributed by atoms with Crippen molar-refractivity contribution in [1.29, 1.82) is 0 Å². The normalized spacial score (nSPS) is 50.3. The van der Waals surface area contributed by atoms with Crippen LogP contribution in [0, 0.1) is 0 Å². The highest BCUT2D eigenvalue weighted by molar-refractivity contribution is 5.57. The molecule has 0 aliphatic carbocycles. The van der Waals surface area contributed by atoms with Gasteiger partial charge in [-0.3, -0.25) is 0 Å². The van der Waals surface area contributed by atoms with Crippen molar-refractivity contribution in [2.75, 3.05) is 59.5 Å². The van der Waals surface area contributed by atoms with E-state index in [1.165, 1.54) is 0 Å². The lowest BCUT2D eigenvalue weighted by Crippen LogP contribution is -2.69. The number of aldehydes is 1. The largest absolute Gasteiger partial charge is 0.394 e. The molecule has 0 aromatic rings. The molecular formula is C54H92O46. The van der Waals surface area contributed by atoms with Crippen LogP contribution in [0.3, 0.4) is 0 Å². The molecule has 0 radical (unpaired) electrons. The quantitative estimate of drug-likeness (QED) is 0.0309. The Morgan fingerprint density at radius 2 is 0.500 bits per heavy atom. The molecule has 8 saturated heterocycles. The molecule has 0 saturated carbocycles. The fourth-order valence-corrected chi connectivity index (χ4v) is 12.3. The number of aliphatic hydroxyl groups is 29. The summed E-state index contributed by atoms with van der Waals surface area (Å²) < 4.78 is 94.9. The Labute approximate surface area is 563 Å². The molecule has 8 rings (SSSR count). The number of hydrogen-bond donors (Lipinski definition) is 29. The number of hydrogen-bond acceptors (Lipinski definition) is 46. The molecule has 0 spiro atoms. The van der Waals surface area contributed by atoms with E-state index in [1.807, 2.05) is 0 Å². The van der Waals surface area contributed by atoms with Crippen LogP contribution in [0.2, 0.25) is 0 Å². The summed E-state index contributed by atoms with van der Waals surface area (Å²) in [4.78, 5) is 14.5. The van der Waals surface area contributed by atoms with Gasteiger partial charge in [0.15, 0.2) is 56.6 Å². The second kappa shape index (κ2) is 36.6. The van der Waals surface area contributed by atoms with Crippen molar-refractivity contribution in [1.82, 2.24) is 0 Å². The highest BCUT2D eigenvalue weighted by Gasteiger charge is 2.61. The van der Waals surface area contributed by atoms with Crippen molar-refractivity contribution in [2.45, 2.75) is 270 Å². The standard InChI is InChI=1S/C54H92O46/c55-1-11-21(64)28(71)35(78)47(86-11)85-10-20(95-48-36(79)29(72)22(65)12(2-56)87-48)44(98-51-39(82)32(75)25(68)15(5-59)90-51)42(96-49-37(80)30(73)23(66)13(3-57)88-49)18(8-62)93-54-46(100-53-41(84)34(77)27(70)17(7-61)92-53)45(99-52-40(83)33(76)26(69)16(6-60)91-52)43(19(9-63)94-54)97-50-38(81)31(74)24(67)14(4-58)89-50/h8,11-61,63-84H,1-7,9-10H2/t11-,12-,13-,14-,15-,16-,17-,18+,19-,20-,21-,22-,23-,24-,25-,26-,27-,28+,29+,30+,31+,32+,33+,34+,35-,36-,37-,38-,39-,40-,41-,42-,43-,44-,45+,46-,47+,48-,49-,50-,51-,52-,53-,54+/m1/s1. The summed E-state index contributed by atoms with van der Waals surface area (Å²) in [6, 6.07) is 0. The van der Waals surface area contributed by atoms with Crippen molar-refractivity contribution in [3.8, 4) is 0 Å². The van der Waals surface area contributed by atoms with Gasteiger partial charge in [0.25, 0.3) is 0 Å². The zero-order chi connectivity index (χ0) is 73.8. The second-order valence-electron chi connectivity index (χ2n) is 24.9. The number of aliphatic hydroxyl groups excluding tert-OH is 29. The van der Waals surface area contributed by atoms with E-state index in [4.69, 9.17) is 75.8 Å². The number of carbonyl (C=O) groups is 1. The topological polar surface area (TPSA) is 751 Å². The molecule has 8 aliphatic heterocycles. The Hall–Kier alpha value is -2.13. The molecule has 0 aromatic carbocycles. The van der Waals surface area contributed by atoms with Crippen molar-refractivity contribution in [3.05, 3.63) is 0 Å². The predicted octanol–water partition coefficient (Wildman–Crippen LogP) is -20.8. The average molecular weight is 1480 g/mol. The zero-order valence-corrected chi connectivity index (χ0v) is 52.3. The van der Waals surface area contributed by atoms with Gasteiger partial charge in [-0.05, 0) is 0 Å². The zero-order valence-electron chi connectivity index (χ0n) is 52.3. The predicted molar refractivity (Wildman–Crippen MR) is 298 cm³/mol. The fourth-order valence-electron chi connectivity index (χ4n) is 12.3. The molecular weight excluding hydrogens is 1380 g/mol. The molecule has 0 bridgehead atoms. The highest BCUT2D eigenvalue weighted by Crippen LogP contribution is 2.40. The van der Waals surface area contributed by atoms with Crippen molar-refractivity contribution in [2.24, 2.45) is 0 Å². The lowest BCUT2D eigenvalue weighted by atomic mass is 9.94. The van der Waals surface area contributed by atoms with Crippen LogP contribution in [0.1, 0.15) is 0 Å². The molecule has 46 heteroatoms. The smallest absolute Gasteiger partial charge is 0.188 e. The molecule has 100 heavy (non-hydrogen) atoms. The van der Waals surface area contributed by atoms with Crippen LogP contribution < -0.4 is 0 Å². The first-order valence-corrected chi connectivity index (χ1v) is 31.5. The Morgan fingerprint density at radius 3 is 0.820 bits per heavy atom. The van der Waals surface area contributed by atoms with Gasteiger partial charge in [-0.2, -0.15) is 0 Å². The maximum Gasteiger partial charge on any atom is 0.188 e. The lowest BCUT2D eigenvalue weighted by molar-refractivity contribution is -0.414. The van der Waals surface area contributed by atoms with Gasteiger partial charge in [-0.15, -0.1) is 0 Å². The van der Waals surface area contributed by atoms with E-state index in [0.717, 1.165) is 0 Å². The Balaban J connectivity index is 1.35. The van der Waals surface area contributed by atoms with E-state index in [-0.39, 0.29) is 6.29 Å². The first-order valence-electron chi connectivity index (χ1n) is 31.5. The van der Waals surface area contributed by atoms with Crippen LogP contribution >= 0.6 is 0 Å². The van der Waals surface area contributed by atoms with Gasteiger partial charge in [0.2, 0.25) is 0 Å². The molecule has 584 valence electrons. The first-order chi connectivity index (χ1) is 47.4. The number of ether oxygens (including phenoxy) is 16. The van der Waals surface area contributed by atoms with E-state index in [2.05, 4.69) is 0 Å². The van der Waals surface area contributed by atoms with E-state index in [1.54, 1.807) is 0 Å². The average Bonchev–Trinajstić information content (AvgIpc) is 0.758. The maximum atomic E-state index is 14.5. The van der Waals surface area contributed by atoms with Gasteiger partial charge < -0.3 is 229 Å². The lowest BCUT2D eigenvalue weighted by Gasteiger charge is -2.51. The van der Waals surface area contributed by atoms with Crippen molar-refractivity contribution >= 4 is 6.29 Å². The van der Waals surface area contributed by atoms with Gasteiger partial charge in [0.1, 0.15) is 220 Å². The monoisotopic (exact) mass is 1480 g/mol. The maximum absolute atomic E-state index is 14.5. The third kappa shape index (κ3) is 17.7. The first kappa shape index (κ1) is 83.5. The summed E-state index contributed by atoms with van der Waals surface area (Å²) in [6.45, 7) is -11.2. The van der Waals surface area contributed by atoms with Gasteiger partial charge in [-0.1, -0.05) is 0 Å². The van der Waals surface area contributed by atoms with E-state index in [9.17, 15) is 153 Å². The second-order valence-corrected chi connectivity index (χ2v) is 24.9. The summed E-state index contributed by atoms with van der Waals surface area (Å²) in [5.74, 6) is 0. The van der Waals surface area contributed by atoms with Gasteiger partial charge >= 0.3 is 0 Å². The third-order valence-electron chi connectivity index (χ3n) is 18.3. The van der Waals surface area contributed by atoms with E-state index < -0.39 is 330 Å². The summed E-state index contributed by atoms with van der Waals surface area (Å²) in [5.41, 5.74) is 0. The number of rotatable bonds is 29. The van der Waals surface area contributed by atoms with Crippen molar-refractivity contribution in [3.63, 3.8) is 0 Å². The summed E-state index contributed by atoms with van der Waals surface area (Å²) in [7, 11) is 0. The Morgan fingerprint density at radius 1 is 0.250 bits per heavy atom. The van der Waals surface area contributed by atoms with Crippen LogP contribution in [-0.4, -0.2) is 484 Å². The Bertz CT molecular complexity index is 2430. The number of carbonyl (C=O) groups excluding carboxylic acids is 1.